The van der Waals surface area contributed by atoms with Crippen molar-refractivity contribution in [2.75, 3.05) is 43.4 Å². The Morgan fingerprint density at radius 3 is 2.68 bits per heavy atom. The van der Waals surface area contributed by atoms with Crippen molar-refractivity contribution in [1.29, 1.82) is 0 Å². The molecule has 6 aromatic rings. The highest BCUT2D eigenvalue weighted by Crippen LogP contribution is 2.33. The molecule has 1 amide bonds. The summed E-state index contributed by atoms with van der Waals surface area (Å²) in [5.41, 5.74) is 7.33. The summed E-state index contributed by atoms with van der Waals surface area (Å²) < 4.78 is 0. The summed E-state index contributed by atoms with van der Waals surface area (Å²) >= 11 is 0. The Morgan fingerprint density at radius 1 is 0.976 bits per heavy atom. The largest absolute Gasteiger partial charge is 0.353 e. The van der Waals surface area contributed by atoms with Crippen molar-refractivity contribution in [2.24, 2.45) is 0 Å². The lowest BCUT2D eigenvalue weighted by Crippen LogP contribution is -2.44. The Kier molecular flexibility index (Phi) is 6.36. The molecule has 0 spiro atoms. The highest BCUT2D eigenvalue weighted by molar-refractivity contribution is 5.98. The van der Waals surface area contributed by atoms with Crippen molar-refractivity contribution in [1.82, 2.24) is 35.0 Å². The number of likely N-dealkylation sites (N-methyl/N-ethyl adjacent to an activating group) is 1. The fourth-order valence-electron chi connectivity index (χ4n) is 5.32. The molecule has 5 aromatic heterocycles. The number of carbonyl (C=O) groups is 1. The third-order valence-electron chi connectivity index (χ3n) is 7.52. The molecule has 1 aliphatic heterocycles. The summed E-state index contributed by atoms with van der Waals surface area (Å²) in [5, 5.41) is 11.8. The van der Waals surface area contributed by atoms with Crippen molar-refractivity contribution < 1.29 is 4.79 Å². The third-order valence-corrected chi connectivity index (χ3v) is 7.52. The highest BCUT2D eigenvalue weighted by Gasteiger charge is 2.20. The molecule has 0 bridgehead atoms. The molecular weight excluding hydrogens is 514 g/mol. The Balaban J connectivity index is 1.18. The fraction of sp³-hybridized carbons (Fsp3) is 0.194. The fourth-order valence-corrected chi connectivity index (χ4v) is 5.32. The Bertz CT molecular complexity index is 1850. The lowest BCUT2D eigenvalue weighted by molar-refractivity contribution is -0.115. The van der Waals surface area contributed by atoms with Gasteiger partial charge in [0.25, 0.3) is 0 Å². The first-order valence-corrected chi connectivity index (χ1v) is 13.7. The SMILES string of the molecule is CN1CCN(c2nccc3[nH]c(-c4n[nH]c5ccc(-c6cncc(NC(=O)Cc7ccccc7)c6)nc45)cc23)CC1. The van der Waals surface area contributed by atoms with Crippen LogP contribution < -0.4 is 10.2 Å². The van der Waals surface area contributed by atoms with Gasteiger partial charge in [-0.15, -0.1) is 0 Å². The molecule has 41 heavy (non-hydrogen) atoms. The number of amides is 1. The van der Waals surface area contributed by atoms with Crippen molar-refractivity contribution in [3.05, 3.63) is 84.8 Å². The summed E-state index contributed by atoms with van der Waals surface area (Å²) in [7, 11) is 2.15. The van der Waals surface area contributed by atoms with Gasteiger partial charge in [-0.25, -0.2) is 9.97 Å². The van der Waals surface area contributed by atoms with Gasteiger partial charge in [-0.2, -0.15) is 5.10 Å². The van der Waals surface area contributed by atoms with Gasteiger partial charge in [0.1, 0.15) is 17.0 Å². The summed E-state index contributed by atoms with van der Waals surface area (Å²) in [6.07, 6.45) is 5.54. The predicted molar refractivity (Wildman–Crippen MR) is 161 cm³/mol. The van der Waals surface area contributed by atoms with Crippen LogP contribution in [0.15, 0.2) is 79.3 Å². The van der Waals surface area contributed by atoms with E-state index in [1.165, 1.54) is 0 Å². The number of benzene rings is 1. The van der Waals surface area contributed by atoms with E-state index in [1.807, 2.05) is 60.8 Å². The van der Waals surface area contributed by atoms with Gasteiger partial charge in [0.05, 0.1) is 40.7 Å². The predicted octanol–water partition coefficient (Wildman–Crippen LogP) is 4.50. The van der Waals surface area contributed by atoms with Crippen LogP contribution in [0.1, 0.15) is 5.56 Å². The maximum atomic E-state index is 12.6. The van der Waals surface area contributed by atoms with Gasteiger partial charge in [-0.3, -0.25) is 14.9 Å². The summed E-state index contributed by atoms with van der Waals surface area (Å²) in [4.78, 5) is 34.9. The minimum Gasteiger partial charge on any atom is -0.353 e. The Labute approximate surface area is 236 Å². The van der Waals surface area contributed by atoms with Gasteiger partial charge in [0.2, 0.25) is 5.91 Å². The van der Waals surface area contributed by atoms with E-state index in [9.17, 15) is 4.79 Å². The van der Waals surface area contributed by atoms with Gasteiger partial charge in [0, 0.05) is 49.5 Å². The minimum absolute atomic E-state index is 0.0973. The average Bonchev–Trinajstić information content (AvgIpc) is 3.62. The smallest absolute Gasteiger partial charge is 0.228 e. The number of nitrogens with zero attached hydrogens (tertiary/aromatic N) is 6. The highest BCUT2D eigenvalue weighted by atomic mass is 16.1. The number of nitrogens with one attached hydrogen (secondary N) is 3. The molecule has 204 valence electrons. The molecule has 7 rings (SSSR count). The van der Waals surface area contributed by atoms with Crippen molar-refractivity contribution in [2.45, 2.75) is 6.42 Å². The molecular formula is C31H29N9O. The number of fused-ring (bicyclic) bond motifs is 2. The third kappa shape index (κ3) is 5.01. The van der Waals surface area contributed by atoms with Crippen LogP contribution in [-0.4, -0.2) is 74.2 Å². The first-order valence-electron chi connectivity index (χ1n) is 13.7. The maximum absolute atomic E-state index is 12.6. The molecule has 3 N–H and O–H groups in total. The average molecular weight is 544 g/mol. The number of hydrogen-bond donors (Lipinski definition) is 3. The van der Waals surface area contributed by atoms with Crippen LogP contribution in [-0.2, 0) is 11.2 Å². The van der Waals surface area contributed by atoms with Crippen LogP contribution in [0.3, 0.4) is 0 Å². The van der Waals surface area contributed by atoms with E-state index < -0.39 is 0 Å². The molecule has 1 aromatic carbocycles. The summed E-state index contributed by atoms with van der Waals surface area (Å²) in [6, 6.07) is 19.6. The van der Waals surface area contributed by atoms with Crippen LogP contribution in [0.5, 0.6) is 0 Å². The maximum Gasteiger partial charge on any atom is 0.228 e. The summed E-state index contributed by atoms with van der Waals surface area (Å²) in [5.74, 6) is 0.892. The number of aromatic nitrogens is 6. The van der Waals surface area contributed by atoms with E-state index in [-0.39, 0.29) is 5.91 Å². The molecule has 0 saturated carbocycles. The topological polar surface area (TPSA) is 119 Å². The molecule has 10 heteroatoms. The molecule has 0 atom stereocenters. The van der Waals surface area contributed by atoms with Gasteiger partial charge < -0.3 is 20.1 Å². The summed E-state index contributed by atoms with van der Waals surface area (Å²) in [6.45, 7) is 3.91. The molecule has 0 unspecified atom stereocenters. The number of H-pyrrole nitrogens is 2. The van der Waals surface area contributed by atoms with E-state index in [0.717, 1.165) is 82.1 Å². The van der Waals surface area contributed by atoms with Crippen LogP contribution >= 0.6 is 0 Å². The molecule has 1 aliphatic rings. The van der Waals surface area contributed by atoms with E-state index in [2.05, 4.69) is 48.4 Å². The molecule has 0 radical (unpaired) electrons. The number of pyridine rings is 3. The Hall–Kier alpha value is -5.09. The van der Waals surface area contributed by atoms with E-state index in [4.69, 9.17) is 9.97 Å². The van der Waals surface area contributed by atoms with Crippen LogP contribution in [0.25, 0.3) is 44.6 Å². The molecule has 1 fully saturated rings. The van der Waals surface area contributed by atoms with Crippen LogP contribution in [0, 0.1) is 0 Å². The number of anilines is 2. The number of carbonyl (C=O) groups excluding carboxylic acids is 1. The van der Waals surface area contributed by atoms with Gasteiger partial charge in [0.15, 0.2) is 0 Å². The second-order valence-corrected chi connectivity index (χ2v) is 10.4. The van der Waals surface area contributed by atoms with Crippen LogP contribution in [0.2, 0.25) is 0 Å². The van der Waals surface area contributed by atoms with E-state index in [0.29, 0.717) is 12.1 Å². The zero-order valence-electron chi connectivity index (χ0n) is 22.6. The minimum atomic E-state index is -0.0973. The second kappa shape index (κ2) is 10.5. The molecule has 0 aliphatic carbocycles. The lowest BCUT2D eigenvalue weighted by Gasteiger charge is -2.33. The molecule has 6 heterocycles. The lowest BCUT2D eigenvalue weighted by atomic mass is 10.1. The van der Waals surface area contributed by atoms with E-state index >= 15 is 0 Å². The zero-order valence-corrected chi connectivity index (χ0v) is 22.6. The molecule has 10 nitrogen and oxygen atoms in total. The number of piperazine rings is 1. The first-order chi connectivity index (χ1) is 20.1. The van der Waals surface area contributed by atoms with E-state index in [1.54, 1.807) is 12.4 Å². The number of rotatable bonds is 6. The zero-order chi connectivity index (χ0) is 27.8. The van der Waals surface area contributed by atoms with Gasteiger partial charge >= 0.3 is 0 Å². The van der Waals surface area contributed by atoms with Crippen molar-refractivity contribution in [3.8, 4) is 22.6 Å². The monoisotopic (exact) mass is 543 g/mol. The number of aromatic amines is 2. The van der Waals surface area contributed by atoms with Crippen molar-refractivity contribution >= 4 is 39.3 Å². The van der Waals surface area contributed by atoms with Gasteiger partial charge in [-0.05, 0) is 42.9 Å². The molecule has 1 saturated heterocycles. The van der Waals surface area contributed by atoms with Crippen molar-refractivity contribution in [3.63, 3.8) is 0 Å². The first kappa shape index (κ1) is 24.9. The normalized spacial score (nSPS) is 14.1. The second-order valence-electron chi connectivity index (χ2n) is 10.4. The standard InChI is InChI=1S/C31H29N9O/c1-39-11-13-40(14-12-39)31-23-17-27(35-25(23)9-10-33-31)30-29-26(37-38-30)8-7-24(36-29)21-16-22(19-32-18-21)34-28(41)15-20-5-3-2-4-6-20/h2-10,16-19,35H,11-15H2,1H3,(H,34,41)(H,37,38). The Morgan fingerprint density at radius 2 is 1.83 bits per heavy atom. The van der Waals surface area contributed by atoms with Gasteiger partial charge in [-0.1, -0.05) is 30.3 Å². The number of hydrogen-bond acceptors (Lipinski definition) is 7. The quantitative estimate of drug-likeness (QED) is 0.283. The van der Waals surface area contributed by atoms with Crippen LogP contribution in [0.4, 0.5) is 11.5 Å².